The molecule has 0 aromatic heterocycles. The van der Waals surface area contributed by atoms with Crippen LogP contribution in [0.25, 0.3) is 0 Å². The second-order valence-corrected chi connectivity index (χ2v) is 9.96. The molecule has 0 saturated carbocycles. The van der Waals surface area contributed by atoms with Crippen LogP contribution in [0.5, 0.6) is 0 Å². The van der Waals surface area contributed by atoms with Gasteiger partial charge in [-0.2, -0.15) is 10.0 Å². The molecule has 124 valence electrons. The van der Waals surface area contributed by atoms with Crippen molar-refractivity contribution in [2.75, 3.05) is 18.6 Å². The Morgan fingerprint density at radius 2 is 1.57 bits per heavy atom. The van der Waals surface area contributed by atoms with Crippen LogP contribution in [0, 0.1) is 0 Å². The summed E-state index contributed by atoms with van der Waals surface area (Å²) in [5, 5.41) is 14.4. The molecule has 23 heavy (non-hydrogen) atoms. The van der Waals surface area contributed by atoms with Crippen LogP contribution in [0.4, 0.5) is 0 Å². The van der Waals surface area contributed by atoms with Gasteiger partial charge in [-0.05, 0) is 59.7 Å². The van der Waals surface area contributed by atoms with E-state index in [2.05, 4.69) is 72.2 Å². The van der Waals surface area contributed by atoms with Crippen LogP contribution >= 0.6 is 10.0 Å². The number of aliphatic hydroxyl groups is 1. The first-order valence-corrected chi connectivity index (χ1v) is 10.7. The Morgan fingerprint density at radius 1 is 1.00 bits per heavy atom. The van der Waals surface area contributed by atoms with Gasteiger partial charge < -0.3 is 10.4 Å². The predicted octanol–water partition coefficient (Wildman–Crippen LogP) is 4.04. The third-order valence-electron chi connectivity index (χ3n) is 4.84. The number of hydrogen-bond donors (Lipinski definition) is 2. The summed E-state index contributed by atoms with van der Waals surface area (Å²) in [6, 6.07) is 21.6. The fraction of sp³-hybridized carbons (Fsp3) is 0.400. The van der Waals surface area contributed by atoms with Crippen molar-refractivity contribution in [1.29, 1.82) is 0 Å². The normalized spacial score (nSPS) is 20.9. The van der Waals surface area contributed by atoms with Crippen molar-refractivity contribution < 1.29 is 5.11 Å². The number of nitrogens with one attached hydrogen (secondary N) is 1. The smallest absolute Gasteiger partial charge is 0.0774 e. The van der Waals surface area contributed by atoms with E-state index >= 15 is 0 Å². The van der Waals surface area contributed by atoms with Crippen molar-refractivity contribution in [3.63, 3.8) is 0 Å². The van der Waals surface area contributed by atoms with Gasteiger partial charge >= 0.3 is 0 Å². The highest BCUT2D eigenvalue weighted by atomic mass is 32.3. The summed E-state index contributed by atoms with van der Waals surface area (Å²) in [6.07, 6.45) is 5.57. The highest BCUT2D eigenvalue weighted by Gasteiger charge is 2.30. The van der Waals surface area contributed by atoms with Gasteiger partial charge in [-0.15, -0.1) is 0 Å². The Balaban J connectivity index is 1.89. The van der Waals surface area contributed by atoms with Gasteiger partial charge in [0, 0.05) is 11.8 Å². The molecule has 3 heteroatoms. The maximum Gasteiger partial charge on any atom is 0.0774 e. The van der Waals surface area contributed by atoms with Gasteiger partial charge in [-0.3, -0.25) is 0 Å². The van der Waals surface area contributed by atoms with Crippen molar-refractivity contribution in [2.24, 2.45) is 0 Å². The number of benzene rings is 2. The first-order valence-electron chi connectivity index (χ1n) is 8.48. The molecule has 0 radical (unpaired) electrons. The van der Waals surface area contributed by atoms with E-state index in [0.29, 0.717) is 0 Å². The van der Waals surface area contributed by atoms with Crippen molar-refractivity contribution in [2.45, 2.75) is 41.2 Å². The van der Waals surface area contributed by atoms with Crippen LogP contribution in [0.1, 0.15) is 19.3 Å². The quantitative estimate of drug-likeness (QED) is 0.867. The summed E-state index contributed by atoms with van der Waals surface area (Å²) < 4.78 is 0. The minimum atomic E-state index is -1.24. The average Bonchev–Trinajstić information content (AvgIpc) is 2.64. The number of aliphatic hydroxyl groups excluding tert-OH is 1. The highest BCUT2D eigenvalue weighted by Crippen LogP contribution is 2.59. The Labute approximate surface area is 141 Å². The van der Waals surface area contributed by atoms with Crippen molar-refractivity contribution in [3.05, 3.63) is 60.7 Å². The minimum absolute atomic E-state index is 0.239. The van der Waals surface area contributed by atoms with Gasteiger partial charge in [-0.25, -0.2) is 0 Å². The lowest BCUT2D eigenvalue weighted by atomic mass is 10.0. The van der Waals surface area contributed by atoms with Crippen LogP contribution in [0.3, 0.4) is 0 Å². The molecule has 1 heterocycles. The SMILES string of the molecule is CS(C[C@@H](O)[C@@H]1CCCCN1)(c1ccccc1)c1ccccc1. The fourth-order valence-electron chi connectivity index (χ4n) is 3.44. The Hall–Kier alpha value is -1.29. The fourth-order valence-corrected chi connectivity index (χ4v) is 6.52. The molecule has 0 unspecified atom stereocenters. The second kappa shape index (κ2) is 7.52. The summed E-state index contributed by atoms with van der Waals surface area (Å²) in [6.45, 7) is 1.03. The lowest BCUT2D eigenvalue weighted by molar-refractivity contribution is 0.133. The molecule has 1 saturated heterocycles. The molecule has 1 aliphatic rings. The molecule has 2 aromatic rings. The van der Waals surface area contributed by atoms with Crippen LogP contribution in [-0.2, 0) is 0 Å². The lowest BCUT2D eigenvalue weighted by Crippen LogP contribution is -2.45. The van der Waals surface area contributed by atoms with Crippen LogP contribution in [-0.4, -0.2) is 35.8 Å². The van der Waals surface area contributed by atoms with Gasteiger partial charge in [-0.1, -0.05) is 42.8 Å². The molecular formula is C20H27NOS. The lowest BCUT2D eigenvalue weighted by Gasteiger charge is -2.41. The number of rotatable bonds is 5. The zero-order valence-electron chi connectivity index (χ0n) is 13.8. The molecule has 1 fully saturated rings. The third-order valence-corrected chi connectivity index (χ3v) is 8.48. The zero-order valence-corrected chi connectivity index (χ0v) is 14.6. The molecular weight excluding hydrogens is 302 g/mol. The Morgan fingerprint density at radius 3 is 2.04 bits per heavy atom. The van der Waals surface area contributed by atoms with Crippen molar-refractivity contribution in [3.8, 4) is 0 Å². The van der Waals surface area contributed by atoms with E-state index in [1.807, 2.05) is 0 Å². The van der Waals surface area contributed by atoms with E-state index in [4.69, 9.17) is 0 Å². The Bertz CT molecular complexity index is 556. The van der Waals surface area contributed by atoms with Crippen molar-refractivity contribution >= 4 is 10.0 Å². The summed E-state index contributed by atoms with van der Waals surface area (Å²) in [7, 11) is -1.24. The number of hydrogen-bond acceptors (Lipinski definition) is 2. The van der Waals surface area contributed by atoms with E-state index in [9.17, 15) is 5.11 Å². The molecule has 0 spiro atoms. The average molecular weight is 330 g/mol. The second-order valence-electron chi connectivity index (χ2n) is 6.50. The van der Waals surface area contributed by atoms with E-state index < -0.39 is 10.0 Å². The minimum Gasteiger partial charge on any atom is -0.391 e. The molecule has 2 nitrogen and oxygen atoms in total. The summed E-state index contributed by atoms with van der Waals surface area (Å²) in [5.74, 6) is 0.818. The van der Waals surface area contributed by atoms with Gasteiger partial charge in [0.25, 0.3) is 0 Å². The van der Waals surface area contributed by atoms with E-state index in [-0.39, 0.29) is 12.1 Å². The first kappa shape index (κ1) is 16.6. The largest absolute Gasteiger partial charge is 0.391 e. The first-order chi connectivity index (χ1) is 11.2. The molecule has 1 aliphatic heterocycles. The molecule has 2 N–H and O–H groups in total. The van der Waals surface area contributed by atoms with Gasteiger partial charge in [0.2, 0.25) is 0 Å². The highest BCUT2D eigenvalue weighted by molar-refractivity contribution is 8.33. The van der Waals surface area contributed by atoms with Crippen LogP contribution < -0.4 is 5.32 Å². The molecule has 0 amide bonds. The summed E-state index contributed by atoms with van der Waals surface area (Å²) in [5.41, 5.74) is 0. The van der Waals surface area contributed by atoms with Crippen molar-refractivity contribution in [1.82, 2.24) is 5.32 Å². The van der Waals surface area contributed by atoms with Gasteiger partial charge in [0.1, 0.15) is 0 Å². The Kier molecular flexibility index (Phi) is 5.42. The molecule has 2 aromatic carbocycles. The van der Waals surface area contributed by atoms with Gasteiger partial charge in [0.05, 0.1) is 6.10 Å². The third kappa shape index (κ3) is 3.79. The molecule has 2 atom stereocenters. The monoisotopic (exact) mass is 329 g/mol. The predicted molar refractivity (Wildman–Crippen MR) is 99.4 cm³/mol. The maximum absolute atomic E-state index is 10.9. The van der Waals surface area contributed by atoms with E-state index in [0.717, 1.165) is 18.7 Å². The van der Waals surface area contributed by atoms with Crippen LogP contribution in [0.2, 0.25) is 0 Å². The molecule has 3 rings (SSSR count). The zero-order chi connectivity index (χ0) is 16.1. The van der Waals surface area contributed by atoms with E-state index in [1.165, 1.54) is 22.6 Å². The summed E-state index contributed by atoms with van der Waals surface area (Å²) in [4.78, 5) is 2.70. The van der Waals surface area contributed by atoms with Crippen LogP contribution in [0.15, 0.2) is 70.5 Å². The van der Waals surface area contributed by atoms with E-state index in [1.54, 1.807) is 0 Å². The molecule has 0 bridgehead atoms. The van der Waals surface area contributed by atoms with Gasteiger partial charge in [0.15, 0.2) is 0 Å². The topological polar surface area (TPSA) is 32.3 Å². The maximum atomic E-state index is 10.9. The number of piperidine rings is 1. The summed E-state index contributed by atoms with van der Waals surface area (Å²) >= 11 is 0. The standard InChI is InChI=1S/C20H27NOS/c1-23(17-10-4-2-5-11-17,18-12-6-3-7-13-18)16-20(22)19-14-8-9-15-21-19/h2-7,10-13,19-22H,8-9,14-16H2,1H3/t19-,20+/m0/s1. The molecule has 0 aliphatic carbocycles.